The van der Waals surface area contributed by atoms with Crippen molar-refractivity contribution in [3.05, 3.63) is 62.0 Å². The first-order chi connectivity index (χ1) is 13.3. The monoisotopic (exact) mass is 525 g/mol. The van der Waals surface area contributed by atoms with Crippen molar-refractivity contribution in [1.29, 1.82) is 0 Å². The molecule has 2 aromatic carbocycles. The van der Waals surface area contributed by atoms with E-state index in [1.54, 1.807) is 23.9 Å². The lowest BCUT2D eigenvalue weighted by Crippen LogP contribution is -2.42. The predicted molar refractivity (Wildman–Crippen MR) is 116 cm³/mol. The van der Waals surface area contributed by atoms with Crippen LogP contribution in [0.15, 0.2) is 50.9 Å². The minimum Gasteiger partial charge on any atom is -0.374 e. The maximum absolute atomic E-state index is 14.1. The maximum atomic E-state index is 14.1. The zero-order chi connectivity index (χ0) is 21.6. The summed E-state index contributed by atoms with van der Waals surface area (Å²) in [5.41, 5.74) is -2.07. The fourth-order valence-corrected chi connectivity index (χ4v) is 5.04. The summed E-state index contributed by atoms with van der Waals surface area (Å²) < 4.78 is 43.0. The van der Waals surface area contributed by atoms with Gasteiger partial charge in [-0.15, -0.1) is 11.8 Å². The first kappa shape index (κ1) is 22.8. The van der Waals surface area contributed by atoms with Gasteiger partial charge in [0.25, 0.3) is 5.60 Å². The molecule has 1 heterocycles. The van der Waals surface area contributed by atoms with Crippen molar-refractivity contribution >= 4 is 56.6 Å². The molecule has 0 saturated carbocycles. The Labute approximate surface area is 189 Å². The van der Waals surface area contributed by atoms with Gasteiger partial charge in [0, 0.05) is 41.7 Å². The molecule has 1 atom stereocenters. The molecule has 9 heteroatoms. The molecule has 0 bridgehead atoms. The molecule has 1 aliphatic rings. The normalized spacial score (nSPS) is 19.8. The molecule has 0 saturated heterocycles. The highest BCUT2D eigenvalue weighted by Crippen LogP contribution is 2.50. The van der Waals surface area contributed by atoms with E-state index in [-0.39, 0.29) is 26.1 Å². The van der Waals surface area contributed by atoms with Crippen LogP contribution in [0.5, 0.6) is 0 Å². The zero-order valence-corrected chi connectivity index (χ0v) is 19.6. The quantitative estimate of drug-likeness (QED) is 0.375. The smallest absolute Gasteiger partial charge is 0.374 e. The molecule has 1 aliphatic heterocycles. The van der Waals surface area contributed by atoms with Gasteiger partial charge in [-0.1, -0.05) is 55.2 Å². The van der Waals surface area contributed by atoms with E-state index in [4.69, 9.17) is 28.0 Å². The minimum absolute atomic E-state index is 0.00465. The van der Waals surface area contributed by atoms with Gasteiger partial charge in [0.2, 0.25) is 0 Å². The second-order valence-electron chi connectivity index (χ2n) is 7.65. The maximum Gasteiger partial charge on any atom is 0.435 e. The van der Waals surface area contributed by atoms with Crippen LogP contribution in [-0.2, 0) is 10.4 Å². The summed E-state index contributed by atoms with van der Waals surface area (Å²) >= 11 is 17.0. The fourth-order valence-electron chi connectivity index (χ4n) is 2.94. The zero-order valence-electron chi connectivity index (χ0n) is 15.7. The van der Waals surface area contributed by atoms with Gasteiger partial charge >= 0.3 is 6.18 Å². The van der Waals surface area contributed by atoms with Crippen molar-refractivity contribution < 1.29 is 18.0 Å². The Balaban J connectivity index is 1.96. The van der Waals surface area contributed by atoms with Crippen molar-refractivity contribution in [1.82, 2.24) is 0 Å². The molecule has 0 radical (unpaired) electrons. The highest BCUT2D eigenvalue weighted by Gasteiger charge is 2.62. The number of nitrogens with zero attached hydrogens (tertiary/aromatic N) is 1. The number of oxime groups is 1. The molecule has 0 aliphatic carbocycles. The summed E-state index contributed by atoms with van der Waals surface area (Å²) in [4.78, 5) is 6.03. The number of halogens is 6. The van der Waals surface area contributed by atoms with Crippen molar-refractivity contribution in [3.63, 3.8) is 0 Å². The lowest BCUT2D eigenvalue weighted by Gasteiger charge is -2.29. The largest absolute Gasteiger partial charge is 0.435 e. The van der Waals surface area contributed by atoms with Crippen LogP contribution < -0.4 is 0 Å². The van der Waals surface area contributed by atoms with Crippen molar-refractivity contribution in [2.24, 2.45) is 5.16 Å². The number of hydrogen-bond acceptors (Lipinski definition) is 3. The van der Waals surface area contributed by atoms with Crippen LogP contribution in [-0.4, -0.2) is 16.6 Å². The molecule has 0 spiro atoms. The fraction of sp³-hybridized carbons (Fsp3) is 0.350. The Morgan fingerprint density at radius 3 is 2.21 bits per heavy atom. The molecule has 0 amide bonds. The number of rotatable bonds is 3. The number of thioether (sulfide) groups is 1. The van der Waals surface area contributed by atoms with E-state index in [1.165, 1.54) is 18.2 Å². The summed E-state index contributed by atoms with van der Waals surface area (Å²) in [5.74, 6) is 0. The third-order valence-electron chi connectivity index (χ3n) is 4.20. The Morgan fingerprint density at radius 1 is 1.07 bits per heavy atom. The average molecular weight is 527 g/mol. The average Bonchev–Trinajstić information content (AvgIpc) is 3.01. The molecule has 2 aromatic rings. The molecule has 156 valence electrons. The SMILES string of the molecule is CC(C)(C)Sc1ccc(C2=NOC(c3cc(Cl)cc(Cl)c3)(C(F)(F)F)C2)cc1Br. The predicted octanol–water partition coefficient (Wildman–Crippen LogP) is 8.23. The number of benzene rings is 2. The lowest BCUT2D eigenvalue weighted by atomic mass is 9.86. The van der Waals surface area contributed by atoms with Crippen LogP contribution in [0, 0.1) is 0 Å². The Kier molecular flexibility index (Phi) is 6.27. The van der Waals surface area contributed by atoms with Gasteiger partial charge in [-0.3, -0.25) is 0 Å². The van der Waals surface area contributed by atoms with Gasteiger partial charge in [0.15, 0.2) is 0 Å². The van der Waals surface area contributed by atoms with Gasteiger partial charge in [-0.25, -0.2) is 0 Å². The molecular formula is C20H17BrCl2F3NOS. The van der Waals surface area contributed by atoms with E-state index in [2.05, 4.69) is 41.9 Å². The molecule has 0 N–H and O–H groups in total. The van der Waals surface area contributed by atoms with Crippen molar-refractivity contribution in [2.75, 3.05) is 0 Å². The van der Waals surface area contributed by atoms with Crippen LogP contribution in [0.1, 0.15) is 38.3 Å². The Bertz CT molecular complexity index is 955. The van der Waals surface area contributed by atoms with E-state index in [1.807, 2.05) is 6.07 Å². The van der Waals surface area contributed by atoms with Crippen molar-refractivity contribution in [3.8, 4) is 0 Å². The number of hydrogen-bond donors (Lipinski definition) is 0. The minimum atomic E-state index is -4.72. The molecule has 0 aromatic heterocycles. The Hall–Kier alpha value is -0.890. The molecule has 1 unspecified atom stereocenters. The lowest BCUT2D eigenvalue weighted by molar-refractivity contribution is -0.275. The molecule has 3 rings (SSSR count). The summed E-state index contributed by atoms with van der Waals surface area (Å²) in [6, 6.07) is 9.15. The van der Waals surface area contributed by atoms with E-state index < -0.39 is 18.2 Å². The third-order valence-corrected chi connectivity index (χ3v) is 6.74. The van der Waals surface area contributed by atoms with Crippen LogP contribution in [0.3, 0.4) is 0 Å². The van der Waals surface area contributed by atoms with Gasteiger partial charge in [0.1, 0.15) is 0 Å². The van der Waals surface area contributed by atoms with E-state index in [0.717, 1.165) is 9.37 Å². The standard InChI is InChI=1S/C20H17BrCl2F3NOS/c1-18(2,3)29-17-5-4-11(6-15(17)21)16-10-19(28-27-16,20(24,25)26)12-7-13(22)9-14(23)8-12/h4-9H,10H2,1-3H3. The second-order valence-corrected chi connectivity index (χ2v) is 11.2. The van der Waals surface area contributed by atoms with Crippen LogP contribution in [0.2, 0.25) is 10.0 Å². The molecule has 0 fully saturated rings. The highest BCUT2D eigenvalue weighted by molar-refractivity contribution is 9.10. The molecular weight excluding hydrogens is 510 g/mol. The summed E-state index contributed by atoms with van der Waals surface area (Å²) in [7, 11) is 0. The first-order valence-electron chi connectivity index (χ1n) is 8.58. The van der Waals surface area contributed by atoms with E-state index >= 15 is 0 Å². The van der Waals surface area contributed by atoms with E-state index in [9.17, 15) is 13.2 Å². The van der Waals surface area contributed by atoms with Crippen LogP contribution >= 0.6 is 50.9 Å². The summed E-state index contributed by atoms with van der Waals surface area (Å²) in [6.45, 7) is 6.25. The number of alkyl halides is 3. The third kappa shape index (κ3) is 4.89. The Morgan fingerprint density at radius 2 is 1.69 bits per heavy atom. The second kappa shape index (κ2) is 7.98. The molecule has 2 nitrogen and oxygen atoms in total. The van der Waals surface area contributed by atoms with Crippen molar-refractivity contribution in [2.45, 2.75) is 48.6 Å². The summed E-state index contributed by atoms with van der Waals surface area (Å²) in [5, 5.41) is 3.98. The van der Waals surface area contributed by atoms with Crippen LogP contribution in [0.4, 0.5) is 13.2 Å². The highest BCUT2D eigenvalue weighted by atomic mass is 79.9. The van der Waals surface area contributed by atoms with Gasteiger partial charge in [-0.05, 0) is 46.3 Å². The van der Waals surface area contributed by atoms with Gasteiger partial charge in [0.05, 0.1) is 5.71 Å². The first-order valence-corrected chi connectivity index (χ1v) is 10.9. The molecule has 29 heavy (non-hydrogen) atoms. The van der Waals surface area contributed by atoms with Crippen LogP contribution in [0.25, 0.3) is 0 Å². The van der Waals surface area contributed by atoms with Gasteiger partial charge in [-0.2, -0.15) is 13.2 Å². The topological polar surface area (TPSA) is 21.6 Å². The summed E-state index contributed by atoms with van der Waals surface area (Å²) in [6.07, 6.45) is -5.20. The van der Waals surface area contributed by atoms with Gasteiger partial charge < -0.3 is 4.84 Å². The van der Waals surface area contributed by atoms with E-state index in [0.29, 0.717) is 5.56 Å².